The second-order valence-electron chi connectivity index (χ2n) is 7.89. The highest BCUT2D eigenvalue weighted by molar-refractivity contribution is 8.18. The fourth-order valence-corrected chi connectivity index (χ4v) is 4.21. The molecule has 0 saturated carbocycles. The maximum atomic E-state index is 12.7. The van der Waals surface area contributed by atoms with E-state index in [9.17, 15) is 39.4 Å². The zero-order valence-corrected chi connectivity index (χ0v) is 20.5. The highest BCUT2D eigenvalue weighted by Gasteiger charge is 2.36. The van der Waals surface area contributed by atoms with E-state index in [2.05, 4.69) is 5.32 Å². The maximum Gasteiger partial charge on any atom is 0.344 e. The molecule has 0 spiro atoms. The first-order valence-corrected chi connectivity index (χ1v) is 11.8. The summed E-state index contributed by atoms with van der Waals surface area (Å²) in [6.07, 6.45) is 1.43. The fraction of sp³-hybridized carbons (Fsp3) is 0.0400. The average molecular weight is 548 g/mol. The molecule has 3 aromatic rings. The summed E-state index contributed by atoms with van der Waals surface area (Å²) < 4.78 is 5.16. The second kappa shape index (κ2) is 11.4. The van der Waals surface area contributed by atoms with Gasteiger partial charge in [0.15, 0.2) is 0 Å². The van der Waals surface area contributed by atoms with Crippen molar-refractivity contribution in [3.05, 3.63) is 109 Å². The molecule has 0 unspecified atom stereocenters. The number of carbonyl (C=O) groups excluding carboxylic acids is 4. The number of para-hydroxylation sites is 1. The topological polar surface area (TPSA) is 179 Å². The fourth-order valence-electron chi connectivity index (χ4n) is 3.38. The van der Waals surface area contributed by atoms with E-state index in [1.54, 1.807) is 30.3 Å². The highest BCUT2D eigenvalue weighted by atomic mass is 32.2. The van der Waals surface area contributed by atoms with E-state index in [1.165, 1.54) is 30.3 Å². The minimum Gasteiger partial charge on any atom is -0.423 e. The number of benzene rings is 3. The van der Waals surface area contributed by atoms with E-state index in [4.69, 9.17) is 4.74 Å². The van der Waals surface area contributed by atoms with Gasteiger partial charge in [-0.05, 0) is 47.7 Å². The molecule has 0 bridgehead atoms. The number of nitro benzene ring substituents is 2. The molecule has 1 aliphatic heterocycles. The minimum absolute atomic E-state index is 0.0250. The van der Waals surface area contributed by atoms with Crippen LogP contribution in [0.1, 0.15) is 15.9 Å². The molecule has 1 aliphatic rings. The summed E-state index contributed by atoms with van der Waals surface area (Å²) in [5, 5.41) is 24.1. The van der Waals surface area contributed by atoms with E-state index >= 15 is 0 Å². The molecule has 39 heavy (non-hydrogen) atoms. The molecule has 0 radical (unpaired) electrons. The van der Waals surface area contributed by atoms with Crippen molar-refractivity contribution in [1.82, 2.24) is 4.90 Å². The standard InChI is InChI=1S/C25H16N4O9S/c30-22(26-17-4-2-1-3-5-17)14-27-23(31)21(39-25(27)33)10-15-6-8-20(9-7-15)38-24(32)16-11-18(28(34)35)13-19(12-16)29(36)37/h1-13H,14H2,(H,26,30)/b21-10-. The predicted octanol–water partition coefficient (Wildman–Crippen LogP) is 4.40. The Morgan fingerprint density at radius 3 is 2.13 bits per heavy atom. The molecule has 3 aromatic carbocycles. The number of nitrogens with zero attached hydrogens (tertiary/aromatic N) is 3. The summed E-state index contributed by atoms with van der Waals surface area (Å²) in [6.45, 7) is -0.457. The van der Waals surface area contributed by atoms with Crippen molar-refractivity contribution in [1.29, 1.82) is 0 Å². The molecule has 14 heteroatoms. The van der Waals surface area contributed by atoms with Crippen molar-refractivity contribution < 1.29 is 33.8 Å². The Labute approximate surface area is 223 Å². The normalized spacial score (nSPS) is 13.8. The van der Waals surface area contributed by atoms with Crippen molar-refractivity contribution in [3.8, 4) is 5.75 Å². The largest absolute Gasteiger partial charge is 0.423 e. The van der Waals surface area contributed by atoms with E-state index in [-0.39, 0.29) is 16.2 Å². The lowest BCUT2D eigenvalue weighted by atomic mass is 10.1. The van der Waals surface area contributed by atoms with Gasteiger partial charge in [0.25, 0.3) is 22.5 Å². The molecule has 1 N–H and O–H groups in total. The number of rotatable bonds is 8. The Balaban J connectivity index is 1.42. The van der Waals surface area contributed by atoms with Crippen LogP contribution in [0.3, 0.4) is 0 Å². The predicted molar refractivity (Wildman–Crippen MR) is 139 cm³/mol. The third kappa shape index (κ3) is 6.50. The number of amides is 3. The second-order valence-corrected chi connectivity index (χ2v) is 8.89. The number of nitrogens with one attached hydrogen (secondary N) is 1. The third-order valence-corrected chi connectivity index (χ3v) is 6.09. The molecule has 1 saturated heterocycles. The number of hydrogen-bond donors (Lipinski definition) is 1. The van der Waals surface area contributed by atoms with Gasteiger partial charge >= 0.3 is 5.97 Å². The Bertz CT molecular complexity index is 1510. The molecule has 1 heterocycles. The van der Waals surface area contributed by atoms with Crippen molar-refractivity contribution in [3.63, 3.8) is 0 Å². The van der Waals surface area contributed by atoms with Crippen LogP contribution in [0.25, 0.3) is 6.08 Å². The van der Waals surface area contributed by atoms with Gasteiger partial charge in [-0.15, -0.1) is 0 Å². The van der Waals surface area contributed by atoms with Gasteiger partial charge in [0.1, 0.15) is 12.3 Å². The smallest absolute Gasteiger partial charge is 0.344 e. The van der Waals surface area contributed by atoms with Crippen LogP contribution in [0.5, 0.6) is 5.75 Å². The molecule has 13 nitrogen and oxygen atoms in total. The number of non-ortho nitro benzene ring substituents is 2. The van der Waals surface area contributed by atoms with E-state index < -0.39 is 50.8 Å². The van der Waals surface area contributed by atoms with Crippen LogP contribution in [0.2, 0.25) is 0 Å². The molecule has 1 fully saturated rings. The Hall–Kier alpha value is -5.37. The number of ether oxygens (including phenoxy) is 1. The number of carbonyl (C=O) groups is 4. The van der Waals surface area contributed by atoms with Gasteiger partial charge in [-0.3, -0.25) is 39.5 Å². The SMILES string of the molecule is O=C(CN1C(=O)S/C(=C\c2ccc(OC(=O)c3cc([N+](=O)[O-])cc([N+](=O)[O-])c3)cc2)C1=O)Nc1ccccc1. The van der Waals surface area contributed by atoms with Crippen molar-refractivity contribution in [2.75, 3.05) is 11.9 Å². The van der Waals surface area contributed by atoms with E-state index in [0.29, 0.717) is 23.0 Å². The summed E-state index contributed by atoms with van der Waals surface area (Å²) in [5.41, 5.74) is -0.671. The molecule has 4 rings (SSSR count). The number of imide groups is 1. The Morgan fingerprint density at radius 2 is 1.54 bits per heavy atom. The molecule has 3 amide bonds. The maximum absolute atomic E-state index is 12.7. The Morgan fingerprint density at radius 1 is 0.923 bits per heavy atom. The van der Waals surface area contributed by atoms with Gasteiger partial charge in [0.2, 0.25) is 5.91 Å². The number of nitro groups is 2. The van der Waals surface area contributed by atoms with Gasteiger partial charge in [-0.25, -0.2) is 4.79 Å². The van der Waals surface area contributed by atoms with Crippen LogP contribution in [0.4, 0.5) is 21.9 Å². The first kappa shape index (κ1) is 26.7. The zero-order valence-electron chi connectivity index (χ0n) is 19.6. The number of esters is 1. The van der Waals surface area contributed by atoms with Crippen LogP contribution in [-0.2, 0) is 9.59 Å². The van der Waals surface area contributed by atoms with Crippen LogP contribution in [-0.4, -0.2) is 44.3 Å². The van der Waals surface area contributed by atoms with Gasteiger partial charge in [-0.1, -0.05) is 30.3 Å². The number of hydrogen-bond acceptors (Lipinski definition) is 10. The van der Waals surface area contributed by atoms with Crippen LogP contribution < -0.4 is 10.1 Å². The minimum atomic E-state index is -1.05. The van der Waals surface area contributed by atoms with Gasteiger partial charge in [-0.2, -0.15) is 0 Å². The molecule has 0 aliphatic carbocycles. The molecular formula is C25H16N4O9S. The summed E-state index contributed by atoms with van der Waals surface area (Å²) in [5.74, 6) is -2.21. The van der Waals surface area contributed by atoms with Crippen molar-refractivity contribution in [2.45, 2.75) is 0 Å². The summed E-state index contributed by atoms with van der Waals surface area (Å²) in [4.78, 5) is 71.0. The zero-order chi connectivity index (χ0) is 28.1. The third-order valence-electron chi connectivity index (χ3n) is 5.18. The van der Waals surface area contributed by atoms with E-state index in [1.807, 2.05) is 0 Å². The lowest BCUT2D eigenvalue weighted by molar-refractivity contribution is -0.394. The van der Waals surface area contributed by atoms with Crippen LogP contribution in [0.15, 0.2) is 77.7 Å². The van der Waals surface area contributed by atoms with Gasteiger partial charge < -0.3 is 10.1 Å². The average Bonchev–Trinajstić information content (AvgIpc) is 3.17. The molecule has 0 atom stereocenters. The van der Waals surface area contributed by atoms with Crippen molar-refractivity contribution in [2.24, 2.45) is 0 Å². The van der Waals surface area contributed by atoms with Crippen molar-refractivity contribution >= 4 is 57.9 Å². The lowest BCUT2D eigenvalue weighted by Crippen LogP contribution is -2.36. The number of thioether (sulfide) groups is 1. The molecule has 0 aromatic heterocycles. The highest BCUT2D eigenvalue weighted by Crippen LogP contribution is 2.32. The summed E-state index contributed by atoms with van der Waals surface area (Å²) in [7, 11) is 0. The van der Waals surface area contributed by atoms with E-state index in [0.717, 1.165) is 23.1 Å². The van der Waals surface area contributed by atoms with Gasteiger partial charge in [0, 0.05) is 17.8 Å². The molecular weight excluding hydrogens is 532 g/mol. The monoisotopic (exact) mass is 548 g/mol. The van der Waals surface area contributed by atoms with Crippen LogP contribution >= 0.6 is 11.8 Å². The summed E-state index contributed by atoms with van der Waals surface area (Å²) in [6, 6.07) is 16.7. The summed E-state index contributed by atoms with van der Waals surface area (Å²) >= 11 is 0.667. The van der Waals surface area contributed by atoms with Gasteiger partial charge in [0.05, 0.1) is 26.4 Å². The first-order valence-electron chi connectivity index (χ1n) is 11.0. The quantitative estimate of drug-likeness (QED) is 0.139. The lowest BCUT2D eigenvalue weighted by Gasteiger charge is -2.12. The molecule has 196 valence electrons. The van der Waals surface area contributed by atoms with Crippen LogP contribution in [0, 0.1) is 20.2 Å². The first-order chi connectivity index (χ1) is 18.6. The Kier molecular flexibility index (Phi) is 7.77. The number of anilines is 1.